The molecular formula is C28H46O8. The molecule has 2 aliphatic heterocycles. The van der Waals surface area contributed by atoms with Crippen LogP contribution < -0.4 is 0 Å². The van der Waals surface area contributed by atoms with E-state index in [1.807, 2.05) is 55.4 Å². The van der Waals surface area contributed by atoms with Crippen LogP contribution in [0.3, 0.4) is 0 Å². The lowest BCUT2D eigenvalue weighted by atomic mass is 9.73. The lowest BCUT2D eigenvalue weighted by Crippen LogP contribution is -2.58. The van der Waals surface area contributed by atoms with E-state index >= 15 is 0 Å². The van der Waals surface area contributed by atoms with Crippen molar-refractivity contribution in [2.75, 3.05) is 0 Å². The van der Waals surface area contributed by atoms with E-state index in [9.17, 15) is 9.59 Å². The summed E-state index contributed by atoms with van der Waals surface area (Å²) in [5.41, 5.74) is -2.93. The molecular weight excluding hydrogens is 464 g/mol. The zero-order valence-electron chi connectivity index (χ0n) is 23.8. The van der Waals surface area contributed by atoms with Crippen molar-refractivity contribution < 1.29 is 38.0 Å². The second-order valence-electron chi connectivity index (χ2n) is 10.6. The Morgan fingerprint density at radius 1 is 0.583 bits per heavy atom. The van der Waals surface area contributed by atoms with Crippen LogP contribution in [0.1, 0.15) is 108 Å². The van der Waals surface area contributed by atoms with Gasteiger partial charge in [-0.1, -0.05) is 26.7 Å². The third-order valence-electron chi connectivity index (χ3n) is 5.88. The summed E-state index contributed by atoms with van der Waals surface area (Å²) in [5.74, 6) is -0.727. The van der Waals surface area contributed by atoms with Crippen molar-refractivity contribution in [3.05, 3.63) is 23.0 Å². The summed E-state index contributed by atoms with van der Waals surface area (Å²) in [4.78, 5) is 26.8. The van der Waals surface area contributed by atoms with E-state index in [0.717, 1.165) is 12.8 Å². The Labute approximate surface area is 216 Å². The molecule has 2 rings (SSSR count). The standard InChI is InChI=1S/C28H46O8/c1-11-13-15-27(23(33-19(7)8)21(25(29)35-27)31-17(3)4)28(16-14-12-2)24(34-20(9)10)22(26(30)36-28)32-18(5)6/h17-20H,11-16H2,1-10H3. The lowest BCUT2D eigenvalue weighted by Gasteiger charge is -2.45. The van der Waals surface area contributed by atoms with Gasteiger partial charge in [0.1, 0.15) is 0 Å². The Hall–Kier alpha value is -2.38. The number of unbranched alkanes of at least 4 members (excludes halogenated alkanes) is 2. The third-order valence-corrected chi connectivity index (χ3v) is 5.88. The SMILES string of the molecule is CCCCC1(C2(CCCC)OC(=O)C(OC(C)C)=C2OC(C)C)OC(=O)C(OC(C)C)=C1OC(C)C. The summed E-state index contributed by atoms with van der Waals surface area (Å²) in [6.45, 7) is 19.0. The van der Waals surface area contributed by atoms with Crippen LogP contribution in [-0.2, 0) is 38.0 Å². The highest BCUT2D eigenvalue weighted by Gasteiger charge is 2.71. The predicted octanol–water partition coefficient (Wildman–Crippen LogP) is 6.08. The molecule has 0 bridgehead atoms. The first-order valence-corrected chi connectivity index (χ1v) is 13.5. The zero-order chi connectivity index (χ0) is 27.3. The van der Waals surface area contributed by atoms with Gasteiger partial charge < -0.3 is 28.4 Å². The zero-order valence-corrected chi connectivity index (χ0v) is 23.8. The average molecular weight is 511 g/mol. The highest BCUT2D eigenvalue weighted by Crippen LogP contribution is 2.56. The number of cyclic esters (lactones) is 2. The van der Waals surface area contributed by atoms with Gasteiger partial charge in [0.25, 0.3) is 0 Å². The number of esters is 2. The first-order valence-electron chi connectivity index (χ1n) is 13.5. The largest absolute Gasteiger partial charge is 0.487 e. The molecule has 0 N–H and O–H groups in total. The van der Waals surface area contributed by atoms with Crippen molar-refractivity contribution in [2.24, 2.45) is 0 Å². The minimum atomic E-state index is -1.47. The topological polar surface area (TPSA) is 89.5 Å². The van der Waals surface area contributed by atoms with Gasteiger partial charge in [0.15, 0.2) is 11.5 Å². The first kappa shape index (κ1) is 29.8. The molecule has 0 radical (unpaired) electrons. The molecule has 2 atom stereocenters. The lowest BCUT2D eigenvalue weighted by molar-refractivity contribution is -0.201. The monoisotopic (exact) mass is 510 g/mol. The Balaban J connectivity index is 2.95. The molecule has 0 amide bonds. The van der Waals surface area contributed by atoms with Crippen LogP contribution in [0.2, 0.25) is 0 Å². The summed E-state index contributed by atoms with van der Waals surface area (Å²) in [5, 5.41) is 0. The second-order valence-corrected chi connectivity index (χ2v) is 10.6. The maximum absolute atomic E-state index is 13.4. The van der Waals surface area contributed by atoms with Gasteiger partial charge in [-0.15, -0.1) is 0 Å². The van der Waals surface area contributed by atoms with E-state index in [4.69, 9.17) is 28.4 Å². The fourth-order valence-electron chi connectivity index (χ4n) is 4.61. The van der Waals surface area contributed by atoms with E-state index < -0.39 is 23.1 Å². The number of carbonyl (C=O) groups excluding carboxylic acids is 2. The molecule has 2 aliphatic rings. The molecule has 206 valence electrons. The normalized spacial score (nSPS) is 24.4. The summed E-state index contributed by atoms with van der Waals surface area (Å²) in [6.07, 6.45) is 2.59. The summed E-state index contributed by atoms with van der Waals surface area (Å²) < 4.78 is 37.1. The van der Waals surface area contributed by atoms with Gasteiger partial charge >= 0.3 is 11.9 Å². The molecule has 2 unspecified atom stereocenters. The van der Waals surface area contributed by atoms with Crippen molar-refractivity contribution in [2.45, 2.75) is 143 Å². The van der Waals surface area contributed by atoms with Crippen LogP contribution in [0.5, 0.6) is 0 Å². The number of ether oxygens (including phenoxy) is 6. The van der Waals surface area contributed by atoms with Gasteiger partial charge in [-0.2, -0.15) is 0 Å². The second kappa shape index (κ2) is 12.2. The van der Waals surface area contributed by atoms with E-state index in [2.05, 4.69) is 13.8 Å². The van der Waals surface area contributed by atoms with Crippen LogP contribution in [0.4, 0.5) is 0 Å². The minimum absolute atomic E-state index is 0.0175. The molecule has 0 aromatic rings. The molecule has 2 heterocycles. The Morgan fingerprint density at radius 2 is 0.889 bits per heavy atom. The van der Waals surface area contributed by atoms with Gasteiger partial charge in [-0.25, -0.2) is 9.59 Å². The quantitative estimate of drug-likeness (QED) is 0.245. The molecule has 8 heteroatoms. The van der Waals surface area contributed by atoms with Crippen LogP contribution in [0, 0.1) is 0 Å². The van der Waals surface area contributed by atoms with Crippen molar-refractivity contribution in [3.8, 4) is 0 Å². The van der Waals surface area contributed by atoms with Crippen LogP contribution >= 0.6 is 0 Å². The molecule has 0 spiro atoms. The Morgan fingerprint density at radius 3 is 1.14 bits per heavy atom. The van der Waals surface area contributed by atoms with E-state index in [1.54, 1.807) is 0 Å². The fraction of sp³-hybridized carbons (Fsp3) is 0.786. The van der Waals surface area contributed by atoms with Crippen molar-refractivity contribution in [3.63, 3.8) is 0 Å². The van der Waals surface area contributed by atoms with Crippen molar-refractivity contribution >= 4 is 11.9 Å². The maximum Gasteiger partial charge on any atom is 0.378 e. The van der Waals surface area contributed by atoms with Crippen LogP contribution in [-0.4, -0.2) is 47.6 Å². The fourth-order valence-corrected chi connectivity index (χ4v) is 4.61. The van der Waals surface area contributed by atoms with Crippen molar-refractivity contribution in [1.29, 1.82) is 0 Å². The van der Waals surface area contributed by atoms with Gasteiger partial charge in [0.2, 0.25) is 22.7 Å². The first-order chi connectivity index (χ1) is 16.8. The molecule has 0 saturated carbocycles. The van der Waals surface area contributed by atoms with E-state index in [1.165, 1.54) is 0 Å². The number of carbonyl (C=O) groups is 2. The highest BCUT2D eigenvalue weighted by molar-refractivity contribution is 5.94. The van der Waals surface area contributed by atoms with Crippen molar-refractivity contribution in [1.82, 2.24) is 0 Å². The highest BCUT2D eigenvalue weighted by atomic mass is 16.7. The van der Waals surface area contributed by atoms with Gasteiger partial charge in [0, 0.05) is 0 Å². The maximum atomic E-state index is 13.4. The molecule has 0 aliphatic carbocycles. The van der Waals surface area contributed by atoms with Crippen LogP contribution in [0.15, 0.2) is 23.0 Å². The van der Waals surface area contributed by atoms with E-state index in [0.29, 0.717) is 25.7 Å². The predicted molar refractivity (Wildman–Crippen MR) is 136 cm³/mol. The van der Waals surface area contributed by atoms with Gasteiger partial charge in [-0.3, -0.25) is 0 Å². The van der Waals surface area contributed by atoms with Gasteiger partial charge in [0.05, 0.1) is 24.4 Å². The Bertz CT molecular complexity index is 784. The molecule has 8 nitrogen and oxygen atoms in total. The molecule has 0 aromatic heterocycles. The third kappa shape index (κ3) is 5.94. The number of hydrogen-bond acceptors (Lipinski definition) is 8. The Kier molecular flexibility index (Phi) is 10.1. The molecule has 0 aromatic carbocycles. The molecule has 0 fully saturated rings. The number of rotatable bonds is 15. The molecule has 0 saturated heterocycles. The van der Waals surface area contributed by atoms with Crippen LogP contribution in [0.25, 0.3) is 0 Å². The average Bonchev–Trinajstić information content (AvgIpc) is 3.17. The number of hydrogen-bond donors (Lipinski definition) is 0. The summed E-state index contributed by atoms with van der Waals surface area (Å²) >= 11 is 0. The molecule has 36 heavy (non-hydrogen) atoms. The summed E-state index contributed by atoms with van der Waals surface area (Å²) in [6, 6.07) is 0. The summed E-state index contributed by atoms with van der Waals surface area (Å²) in [7, 11) is 0. The van der Waals surface area contributed by atoms with Gasteiger partial charge in [-0.05, 0) is 81.1 Å². The minimum Gasteiger partial charge on any atom is -0.487 e. The van der Waals surface area contributed by atoms with E-state index in [-0.39, 0.29) is 47.5 Å². The smallest absolute Gasteiger partial charge is 0.378 e.